The molecule has 0 unspecified atom stereocenters. The van der Waals surface area contributed by atoms with E-state index in [-0.39, 0.29) is 5.57 Å². The number of nitriles is 1. The molecule has 7 heteroatoms. The highest BCUT2D eigenvalue weighted by molar-refractivity contribution is 7.22. The maximum Gasteiger partial charge on any atom is 0.268 e. The Labute approximate surface area is 208 Å². The number of anilines is 1. The number of nitrogens with zero attached hydrogens (tertiary/aromatic N) is 2. The Morgan fingerprint density at radius 2 is 1.83 bits per heavy atom. The average molecular weight is 484 g/mol. The van der Waals surface area contributed by atoms with Gasteiger partial charge >= 0.3 is 0 Å². The number of aromatic nitrogens is 1. The number of thiazole rings is 1. The van der Waals surface area contributed by atoms with Crippen LogP contribution in [0.4, 0.5) is 5.13 Å². The fourth-order valence-electron chi connectivity index (χ4n) is 3.53. The molecule has 0 aliphatic heterocycles. The molecular formula is C28H25N3O3S. The third-order valence-electron chi connectivity index (χ3n) is 5.73. The van der Waals surface area contributed by atoms with Crippen molar-refractivity contribution in [1.29, 1.82) is 5.26 Å². The molecule has 1 N–H and O–H groups in total. The largest absolute Gasteiger partial charge is 0.493 e. The van der Waals surface area contributed by atoms with E-state index in [9.17, 15) is 10.1 Å². The molecule has 176 valence electrons. The Kier molecular flexibility index (Phi) is 7.14. The van der Waals surface area contributed by atoms with E-state index < -0.39 is 5.91 Å². The molecule has 3 aromatic carbocycles. The van der Waals surface area contributed by atoms with Crippen LogP contribution in [0, 0.1) is 32.1 Å². The number of carbonyl (C=O) groups is 1. The summed E-state index contributed by atoms with van der Waals surface area (Å²) < 4.78 is 12.4. The smallest absolute Gasteiger partial charge is 0.268 e. The molecular weight excluding hydrogens is 458 g/mol. The summed E-state index contributed by atoms with van der Waals surface area (Å²) in [6.45, 7) is 6.51. The van der Waals surface area contributed by atoms with E-state index in [0.29, 0.717) is 28.8 Å². The van der Waals surface area contributed by atoms with E-state index in [2.05, 4.69) is 10.3 Å². The lowest BCUT2D eigenvalue weighted by atomic mass is 10.1. The molecule has 4 aromatic rings. The van der Waals surface area contributed by atoms with Crippen molar-refractivity contribution >= 4 is 38.7 Å². The molecule has 0 saturated carbocycles. The lowest BCUT2D eigenvalue weighted by Crippen LogP contribution is -2.13. The Morgan fingerprint density at radius 3 is 2.57 bits per heavy atom. The summed E-state index contributed by atoms with van der Waals surface area (Å²) in [6, 6.07) is 19.3. The molecule has 0 aliphatic rings. The monoisotopic (exact) mass is 483 g/mol. The topological polar surface area (TPSA) is 84.2 Å². The SMILES string of the molecule is COc1cc(/C=C(\C#N)C(=O)Nc2nc3cc(C)c(C)cc3s2)ccc1OCc1ccccc1C. The molecule has 1 amide bonds. The number of methoxy groups -OCH3 is 1. The summed E-state index contributed by atoms with van der Waals surface area (Å²) in [6.07, 6.45) is 1.52. The van der Waals surface area contributed by atoms with E-state index in [0.717, 1.165) is 32.5 Å². The second-order valence-corrected chi connectivity index (χ2v) is 9.20. The third kappa shape index (κ3) is 5.51. The molecule has 0 radical (unpaired) electrons. The van der Waals surface area contributed by atoms with Gasteiger partial charge in [0.15, 0.2) is 16.6 Å². The van der Waals surface area contributed by atoms with Crippen molar-refractivity contribution in [3.8, 4) is 17.6 Å². The van der Waals surface area contributed by atoms with Crippen molar-refractivity contribution in [2.45, 2.75) is 27.4 Å². The van der Waals surface area contributed by atoms with Gasteiger partial charge in [0.2, 0.25) is 0 Å². The maximum absolute atomic E-state index is 12.8. The van der Waals surface area contributed by atoms with Crippen LogP contribution in [0.25, 0.3) is 16.3 Å². The van der Waals surface area contributed by atoms with Gasteiger partial charge in [-0.05, 0) is 78.9 Å². The summed E-state index contributed by atoms with van der Waals surface area (Å²) >= 11 is 1.38. The van der Waals surface area contributed by atoms with Gasteiger partial charge in [-0.3, -0.25) is 10.1 Å². The first-order valence-corrected chi connectivity index (χ1v) is 11.9. The minimum Gasteiger partial charge on any atom is -0.493 e. The van der Waals surface area contributed by atoms with Crippen LogP contribution in [-0.2, 0) is 11.4 Å². The quantitative estimate of drug-likeness (QED) is 0.244. The number of nitrogens with one attached hydrogen (secondary N) is 1. The summed E-state index contributed by atoms with van der Waals surface area (Å²) in [4.78, 5) is 17.3. The minimum absolute atomic E-state index is 0.0350. The van der Waals surface area contributed by atoms with E-state index in [1.54, 1.807) is 25.3 Å². The van der Waals surface area contributed by atoms with Gasteiger partial charge in [0.25, 0.3) is 5.91 Å². The highest BCUT2D eigenvalue weighted by Crippen LogP contribution is 2.31. The number of hydrogen-bond acceptors (Lipinski definition) is 6. The number of rotatable bonds is 7. The number of hydrogen-bond donors (Lipinski definition) is 1. The fourth-order valence-corrected chi connectivity index (χ4v) is 4.47. The third-order valence-corrected chi connectivity index (χ3v) is 6.67. The van der Waals surface area contributed by atoms with Gasteiger partial charge in [-0.25, -0.2) is 4.98 Å². The predicted molar refractivity (Wildman–Crippen MR) is 140 cm³/mol. The standard InChI is InChI=1S/C28H25N3O3S/c1-17-7-5-6-8-21(17)16-34-24-10-9-20(14-25(24)33-4)13-22(15-29)27(32)31-28-30-23-11-18(2)19(3)12-26(23)35-28/h5-14H,16H2,1-4H3,(H,30,31,32)/b22-13+. The molecule has 0 atom stereocenters. The Hall–Kier alpha value is -4.15. The number of fused-ring (bicyclic) bond motifs is 1. The molecule has 0 spiro atoms. The fraction of sp³-hybridized carbons (Fsp3) is 0.179. The Balaban J connectivity index is 1.51. The molecule has 35 heavy (non-hydrogen) atoms. The van der Waals surface area contributed by atoms with Crippen LogP contribution in [0.5, 0.6) is 11.5 Å². The zero-order chi connectivity index (χ0) is 24.9. The number of amides is 1. The van der Waals surface area contributed by atoms with Crippen LogP contribution in [0.15, 0.2) is 60.2 Å². The number of ether oxygens (including phenoxy) is 2. The van der Waals surface area contributed by atoms with Crippen LogP contribution in [0.1, 0.15) is 27.8 Å². The molecule has 1 heterocycles. The van der Waals surface area contributed by atoms with Gasteiger partial charge in [-0.2, -0.15) is 5.26 Å². The average Bonchev–Trinajstić information content (AvgIpc) is 3.23. The summed E-state index contributed by atoms with van der Waals surface area (Å²) in [7, 11) is 1.55. The molecule has 1 aromatic heterocycles. The minimum atomic E-state index is -0.515. The van der Waals surface area contributed by atoms with Crippen LogP contribution < -0.4 is 14.8 Å². The first-order chi connectivity index (χ1) is 16.9. The van der Waals surface area contributed by atoms with Crippen molar-refractivity contribution in [1.82, 2.24) is 4.98 Å². The van der Waals surface area contributed by atoms with Gasteiger partial charge in [0, 0.05) is 0 Å². The van der Waals surface area contributed by atoms with E-state index in [1.165, 1.54) is 17.4 Å². The second-order valence-electron chi connectivity index (χ2n) is 8.17. The van der Waals surface area contributed by atoms with E-state index in [1.807, 2.05) is 63.2 Å². The van der Waals surface area contributed by atoms with Gasteiger partial charge in [0.05, 0.1) is 17.3 Å². The molecule has 0 fully saturated rings. The molecule has 4 rings (SSSR count). The van der Waals surface area contributed by atoms with E-state index in [4.69, 9.17) is 9.47 Å². The van der Waals surface area contributed by atoms with Gasteiger partial charge in [0.1, 0.15) is 18.2 Å². The molecule has 0 saturated heterocycles. The van der Waals surface area contributed by atoms with Crippen molar-refractivity contribution in [3.63, 3.8) is 0 Å². The van der Waals surface area contributed by atoms with Crippen molar-refractivity contribution in [2.24, 2.45) is 0 Å². The van der Waals surface area contributed by atoms with Crippen LogP contribution in [-0.4, -0.2) is 18.0 Å². The number of aryl methyl sites for hydroxylation is 3. The zero-order valence-electron chi connectivity index (χ0n) is 20.0. The van der Waals surface area contributed by atoms with Crippen molar-refractivity contribution < 1.29 is 14.3 Å². The van der Waals surface area contributed by atoms with Crippen molar-refractivity contribution in [2.75, 3.05) is 12.4 Å². The molecule has 6 nitrogen and oxygen atoms in total. The van der Waals surface area contributed by atoms with Crippen LogP contribution in [0.3, 0.4) is 0 Å². The predicted octanol–water partition coefficient (Wildman–Crippen LogP) is 6.35. The second kappa shape index (κ2) is 10.4. The Bertz CT molecular complexity index is 1440. The lowest BCUT2D eigenvalue weighted by molar-refractivity contribution is -0.112. The molecule has 0 aliphatic carbocycles. The van der Waals surface area contributed by atoms with Crippen LogP contribution in [0.2, 0.25) is 0 Å². The summed E-state index contributed by atoms with van der Waals surface area (Å²) in [5, 5.41) is 12.8. The Morgan fingerprint density at radius 1 is 1.06 bits per heavy atom. The summed E-state index contributed by atoms with van der Waals surface area (Å²) in [5.74, 6) is 0.580. The zero-order valence-corrected chi connectivity index (χ0v) is 20.8. The molecule has 0 bridgehead atoms. The highest BCUT2D eigenvalue weighted by Gasteiger charge is 2.14. The van der Waals surface area contributed by atoms with Gasteiger partial charge < -0.3 is 9.47 Å². The first-order valence-electron chi connectivity index (χ1n) is 11.0. The normalized spacial score (nSPS) is 11.2. The lowest BCUT2D eigenvalue weighted by Gasteiger charge is -2.12. The number of carbonyl (C=O) groups excluding carboxylic acids is 1. The number of benzene rings is 3. The van der Waals surface area contributed by atoms with Gasteiger partial charge in [-0.15, -0.1) is 0 Å². The maximum atomic E-state index is 12.8. The van der Waals surface area contributed by atoms with E-state index >= 15 is 0 Å². The highest BCUT2D eigenvalue weighted by atomic mass is 32.1. The van der Waals surface area contributed by atoms with Crippen LogP contribution >= 0.6 is 11.3 Å². The van der Waals surface area contributed by atoms with Crippen molar-refractivity contribution in [3.05, 3.63) is 88.0 Å². The first kappa shape index (κ1) is 24.0. The van der Waals surface area contributed by atoms with Gasteiger partial charge in [-0.1, -0.05) is 41.7 Å². The summed E-state index contributed by atoms with van der Waals surface area (Å²) in [5.41, 5.74) is 5.97.